The van der Waals surface area contributed by atoms with Crippen molar-refractivity contribution in [2.75, 3.05) is 21.3 Å². The summed E-state index contributed by atoms with van der Waals surface area (Å²) in [5, 5.41) is 9.51. The van der Waals surface area contributed by atoms with Crippen LogP contribution in [0.2, 0.25) is 0 Å². The first-order chi connectivity index (χ1) is 25.5. The molecule has 3 heterocycles. The number of methoxy groups -OCH3 is 3. The van der Waals surface area contributed by atoms with Crippen LogP contribution in [0.1, 0.15) is 29.6 Å². The van der Waals surface area contributed by atoms with Gasteiger partial charge in [0.2, 0.25) is 0 Å². The Morgan fingerprint density at radius 2 is 1.54 bits per heavy atom. The Bertz CT molecular complexity index is 2610. The maximum atomic E-state index is 14.3. The molecule has 0 unspecified atom stereocenters. The third kappa shape index (κ3) is 5.23. The highest BCUT2D eigenvalue weighted by Crippen LogP contribution is 2.65. The number of rotatable bonds is 7. The number of hydrogen-bond donors (Lipinski definition) is 1. The van der Waals surface area contributed by atoms with Crippen LogP contribution in [0.3, 0.4) is 0 Å². The van der Waals surface area contributed by atoms with Gasteiger partial charge < -0.3 is 23.9 Å². The Kier molecular flexibility index (Phi) is 9.74. The van der Waals surface area contributed by atoms with Gasteiger partial charge in [0.1, 0.15) is 25.5 Å². The van der Waals surface area contributed by atoms with E-state index in [1.54, 1.807) is 25.3 Å². The second-order valence-electron chi connectivity index (χ2n) is 12.8. The van der Waals surface area contributed by atoms with Crippen LogP contribution in [0, 0.1) is 0 Å². The van der Waals surface area contributed by atoms with E-state index in [-0.39, 0.29) is 51.2 Å². The Morgan fingerprint density at radius 1 is 0.907 bits per heavy atom. The second-order valence-corrected chi connectivity index (χ2v) is 16.4. The molecular weight excluding hydrogens is 924 g/mol. The molecule has 0 bridgehead atoms. The predicted octanol–water partition coefficient (Wildman–Crippen LogP) is 5.02. The number of carbonyl (C=O) groups is 2. The number of ketones is 2. The molecular formula is C34H27Br2Cl4N5O9. The van der Waals surface area contributed by atoms with E-state index >= 15 is 0 Å². The van der Waals surface area contributed by atoms with Gasteiger partial charge in [-0.05, 0) is 49.1 Å². The van der Waals surface area contributed by atoms with E-state index in [2.05, 4.69) is 36.8 Å². The summed E-state index contributed by atoms with van der Waals surface area (Å²) < 4.78 is 21.2. The number of aromatic nitrogens is 5. The van der Waals surface area contributed by atoms with Crippen molar-refractivity contribution in [1.82, 2.24) is 23.5 Å². The third-order valence-corrected chi connectivity index (χ3v) is 14.7. The van der Waals surface area contributed by atoms with Crippen LogP contribution in [0.25, 0.3) is 11.0 Å². The van der Waals surface area contributed by atoms with E-state index < -0.39 is 66.7 Å². The second kappa shape index (κ2) is 13.6. The first-order valence-electron chi connectivity index (χ1n) is 16.0. The van der Waals surface area contributed by atoms with E-state index in [9.17, 15) is 29.1 Å². The zero-order valence-corrected chi connectivity index (χ0v) is 34.7. The Labute approximate surface area is 341 Å². The molecule has 1 aliphatic heterocycles. The first-order valence-corrected chi connectivity index (χ1v) is 19.1. The molecule has 4 atom stereocenters. The molecule has 1 fully saturated rings. The average Bonchev–Trinajstić information content (AvgIpc) is 3.41. The number of aryl methyl sites for hydroxylation is 2. The van der Waals surface area contributed by atoms with Gasteiger partial charge in [-0.3, -0.25) is 14.4 Å². The standard InChI is InChI=1S/C34H27Br2Cl4N5O9/c1-42-17-11-20(53-3)19(52-2)10-16(17)41-15(30(42)49)6-7-43-31(50)44-8-5-13-18(45(44)32(43)51)12-33(39)28(47)25(37)26(38)29(48)34(33,40)22(13)14-9-21(54-4)27(46)24(36)23(14)35/h5,9-11,18,22,46H,6-8,12H2,1-4H3/t18-,22-,33-,34+/m1/s1. The highest BCUT2D eigenvalue weighted by Gasteiger charge is 2.71. The topological polar surface area (TPSA) is 166 Å². The number of halogens is 6. The predicted molar refractivity (Wildman–Crippen MR) is 207 cm³/mol. The van der Waals surface area contributed by atoms with Crippen LogP contribution >= 0.6 is 78.3 Å². The molecule has 0 spiro atoms. The maximum Gasteiger partial charge on any atom is 0.347 e. The van der Waals surface area contributed by atoms with Crippen molar-refractivity contribution in [3.05, 3.63) is 91.4 Å². The quantitative estimate of drug-likeness (QED) is 0.197. The molecule has 3 aliphatic rings. The molecule has 0 amide bonds. The summed E-state index contributed by atoms with van der Waals surface area (Å²) in [4.78, 5) is 69.8. The lowest BCUT2D eigenvalue weighted by atomic mass is 9.59. The SMILES string of the molecule is COc1cc2nc(CCn3c(=O)n4n(c3=O)[C@@H]3C[C@@]5(Cl)C(=O)C(Cl)=C(Cl)C(=O)[C@@]5(Cl)[C@@H](c5cc(OC)c(O)c(Br)c5Br)C3=CC4)c(=O)n(C)c2cc1OC. The number of phenolic OH excluding ortho intramolecular Hbond substituents is 1. The summed E-state index contributed by atoms with van der Waals surface area (Å²) in [6, 6.07) is 3.54. The van der Waals surface area contributed by atoms with E-state index in [4.69, 9.17) is 60.6 Å². The number of hydrogen-bond acceptors (Lipinski definition) is 10. The molecule has 2 aliphatic carbocycles. The zero-order chi connectivity index (χ0) is 39.3. The van der Waals surface area contributed by atoms with E-state index in [1.165, 1.54) is 41.3 Å². The van der Waals surface area contributed by atoms with Crippen molar-refractivity contribution >= 4 is 101 Å². The van der Waals surface area contributed by atoms with Crippen molar-refractivity contribution in [3.63, 3.8) is 0 Å². The number of benzene rings is 2. The highest BCUT2D eigenvalue weighted by molar-refractivity contribution is 9.13. The van der Waals surface area contributed by atoms with Gasteiger partial charge in [0.15, 0.2) is 34.6 Å². The summed E-state index contributed by atoms with van der Waals surface area (Å²) in [6.07, 6.45) is 1.09. The normalized spacial score (nSPS) is 23.6. The van der Waals surface area contributed by atoms with Gasteiger partial charge in [-0.25, -0.2) is 28.5 Å². The largest absolute Gasteiger partial charge is 0.503 e. The lowest BCUT2D eigenvalue weighted by molar-refractivity contribution is -0.128. The molecule has 14 nitrogen and oxygen atoms in total. The monoisotopic (exact) mass is 947 g/mol. The van der Waals surface area contributed by atoms with E-state index in [0.717, 1.165) is 4.57 Å². The highest BCUT2D eigenvalue weighted by atomic mass is 79.9. The van der Waals surface area contributed by atoms with Crippen molar-refractivity contribution in [1.29, 1.82) is 0 Å². The fraction of sp³-hybridized carbons (Fsp3) is 0.353. The van der Waals surface area contributed by atoms with Crippen molar-refractivity contribution in [2.45, 2.75) is 47.6 Å². The number of phenols is 1. The van der Waals surface area contributed by atoms with Crippen LogP contribution in [-0.4, -0.2) is 71.2 Å². The van der Waals surface area contributed by atoms with E-state index in [0.29, 0.717) is 28.1 Å². The number of ether oxygens (including phenoxy) is 3. The van der Waals surface area contributed by atoms with Crippen LogP contribution in [0.15, 0.2) is 63.2 Å². The van der Waals surface area contributed by atoms with Gasteiger partial charge in [-0.15, -0.1) is 23.2 Å². The molecule has 2 aromatic carbocycles. The minimum atomic E-state index is -2.31. The summed E-state index contributed by atoms with van der Waals surface area (Å²) in [6.45, 7) is -0.387. The van der Waals surface area contributed by atoms with Gasteiger partial charge in [0, 0.05) is 49.0 Å². The molecule has 20 heteroatoms. The summed E-state index contributed by atoms with van der Waals surface area (Å²) in [5.74, 6) is -2.67. The van der Waals surface area contributed by atoms with Crippen LogP contribution in [0.4, 0.5) is 0 Å². The number of nitrogens with zero attached hydrogens (tertiary/aromatic N) is 5. The fourth-order valence-corrected chi connectivity index (χ4v) is 10.1. The lowest BCUT2D eigenvalue weighted by Gasteiger charge is -2.54. The van der Waals surface area contributed by atoms with E-state index in [1.807, 2.05) is 0 Å². The van der Waals surface area contributed by atoms with Crippen molar-refractivity contribution < 1.29 is 28.9 Å². The maximum absolute atomic E-state index is 14.3. The lowest BCUT2D eigenvalue weighted by Crippen LogP contribution is -2.67. The minimum Gasteiger partial charge on any atom is -0.503 e. The minimum absolute atomic E-state index is 0.0143. The van der Waals surface area contributed by atoms with Gasteiger partial charge >= 0.3 is 11.4 Å². The molecule has 0 radical (unpaired) electrons. The Hall–Kier alpha value is -3.54. The van der Waals surface area contributed by atoms with Crippen LogP contribution < -0.4 is 31.1 Å². The van der Waals surface area contributed by atoms with Gasteiger partial charge in [0.05, 0.1) is 49.4 Å². The Morgan fingerprint density at radius 3 is 2.19 bits per heavy atom. The number of Topliss-reactive ketones (excluding diaryl/α,β-unsaturated/α-hetero) is 2. The van der Waals surface area contributed by atoms with Gasteiger partial charge in [-0.2, -0.15) is 0 Å². The smallest absolute Gasteiger partial charge is 0.347 e. The average molecular weight is 951 g/mol. The number of alkyl halides is 2. The molecule has 4 aromatic rings. The number of carbonyl (C=O) groups excluding carboxylic acids is 2. The number of aromatic hydroxyl groups is 1. The molecule has 1 N–H and O–H groups in total. The molecule has 284 valence electrons. The van der Waals surface area contributed by atoms with Gasteiger partial charge in [0.25, 0.3) is 5.56 Å². The first kappa shape index (κ1) is 38.7. The molecule has 54 heavy (non-hydrogen) atoms. The van der Waals surface area contributed by atoms with Crippen LogP contribution in [0.5, 0.6) is 23.0 Å². The molecule has 1 saturated carbocycles. The van der Waals surface area contributed by atoms with Crippen LogP contribution in [-0.2, 0) is 36.1 Å². The third-order valence-electron chi connectivity index (χ3n) is 10.3. The number of fused-ring (bicyclic) bond motifs is 5. The summed E-state index contributed by atoms with van der Waals surface area (Å²) >= 11 is 34.1. The number of allylic oxidation sites excluding steroid dienone is 4. The zero-order valence-electron chi connectivity index (χ0n) is 28.5. The molecule has 0 saturated heterocycles. The molecule has 2 aromatic heterocycles. The Balaban J connectivity index is 1.37. The van der Waals surface area contributed by atoms with Gasteiger partial charge in [-0.1, -0.05) is 29.3 Å². The molecule has 7 rings (SSSR count). The fourth-order valence-electron chi connectivity index (χ4n) is 7.62. The van der Waals surface area contributed by atoms with Crippen molar-refractivity contribution in [3.8, 4) is 23.0 Å². The summed E-state index contributed by atoms with van der Waals surface area (Å²) in [5.41, 5.74) is -0.340. The van der Waals surface area contributed by atoms with Crippen molar-refractivity contribution in [2.24, 2.45) is 7.05 Å². The summed E-state index contributed by atoms with van der Waals surface area (Å²) in [7, 11) is 5.83.